The minimum atomic E-state index is 0.841. The summed E-state index contributed by atoms with van der Waals surface area (Å²) in [4.78, 5) is 0. The zero-order valence-corrected chi connectivity index (χ0v) is 10.7. The van der Waals surface area contributed by atoms with Gasteiger partial charge < -0.3 is 9.88 Å². The van der Waals surface area contributed by atoms with Crippen LogP contribution in [-0.2, 0) is 13.1 Å². The molecule has 2 N–H and O–H groups in total. The highest BCUT2D eigenvalue weighted by molar-refractivity contribution is 5.51. The molecule has 0 aromatic carbocycles. The third-order valence-electron chi connectivity index (χ3n) is 2.96. The van der Waals surface area contributed by atoms with Crippen molar-refractivity contribution in [2.75, 3.05) is 5.32 Å². The zero-order chi connectivity index (χ0) is 12.3. The molecule has 0 aliphatic rings. The Morgan fingerprint density at radius 3 is 2.88 bits per heavy atom. The quantitative estimate of drug-likeness (QED) is 0.832. The van der Waals surface area contributed by atoms with Crippen LogP contribution in [0.1, 0.15) is 30.4 Å². The molecule has 0 unspecified atom stereocenters. The second-order valence-electron chi connectivity index (χ2n) is 4.36. The van der Waals surface area contributed by atoms with Crippen LogP contribution in [-0.4, -0.2) is 14.8 Å². The smallest absolute Gasteiger partial charge is 0.0825 e. The molecule has 2 rings (SSSR count). The summed E-state index contributed by atoms with van der Waals surface area (Å²) >= 11 is 0. The average Bonchev–Trinajstić information content (AvgIpc) is 2.86. The van der Waals surface area contributed by atoms with Crippen LogP contribution in [0.5, 0.6) is 0 Å². The molecule has 2 aromatic heterocycles. The van der Waals surface area contributed by atoms with E-state index in [1.807, 2.05) is 13.8 Å². The van der Waals surface area contributed by atoms with Crippen LogP contribution >= 0.6 is 0 Å². The minimum absolute atomic E-state index is 0.841. The predicted molar refractivity (Wildman–Crippen MR) is 70.1 cm³/mol. The van der Waals surface area contributed by atoms with Crippen LogP contribution in [0.4, 0.5) is 5.69 Å². The van der Waals surface area contributed by atoms with Gasteiger partial charge in [0.15, 0.2) is 0 Å². The topological polar surface area (TPSA) is 45.6 Å². The van der Waals surface area contributed by atoms with Crippen molar-refractivity contribution >= 4 is 5.69 Å². The van der Waals surface area contributed by atoms with Crippen molar-refractivity contribution in [1.82, 2.24) is 14.8 Å². The molecule has 92 valence electrons. The molecule has 0 amide bonds. The number of aromatic nitrogens is 3. The van der Waals surface area contributed by atoms with E-state index in [4.69, 9.17) is 0 Å². The van der Waals surface area contributed by atoms with Gasteiger partial charge in [-0.25, -0.2) is 0 Å². The van der Waals surface area contributed by atoms with E-state index in [2.05, 4.69) is 45.3 Å². The summed E-state index contributed by atoms with van der Waals surface area (Å²) in [6, 6.07) is 4.26. The summed E-state index contributed by atoms with van der Waals surface area (Å²) in [5.41, 5.74) is 4.55. The van der Waals surface area contributed by atoms with Crippen molar-refractivity contribution in [2.45, 2.75) is 40.3 Å². The van der Waals surface area contributed by atoms with Gasteiger partial charge in [0.1, 0.15) is 0 Å². The predicted octanol–water partition coefficient (Wildman–Crippen LogP) is 2.85. The van der Waals surface area contributed by atoms with Gasteiger partial charge in [0.25, 0.3) is 0 Å². The van der Waals surface area contributed by atoms with E-state index >= 15 is 0 Å². The molecule has 17 heavy (non-hydrogen) atoms. The lowest BCUT2D eigenvalue weighted by Gasteiger charge is -2.10. The molecule has 2 heterocycles. The lowest BCUT2D eigenvalue weighted by atomic mass is 10.3. The molecule has 0 fully saturated rings. The highest BCUT2D eigenvalue weighted by atomic mass is 15.2. The van der Waals surface area contributed by atoms with Crippen molar-refractivity contribution in [3.8, 4) is 0 Å². The van der Waals surface area contributed by atoms with Gasteiger partial charge in [-0.1, -0.05) is 6.92 Å². The Bertz CT molecular complexity index is 462. The Labute approximate surface area is 102 Å². The zero-order valence-electron chi connectivity index (χ0n) is 10.7. The standard InChI is InChI=1S/C13H20N4/c1-4-7-17-8-5-6-12(17)9-14-13-10(2)15-16-11(13)3/h5-6,8,14H,4,7,9H2,1-3H3,(H,15,16). The monoisotopic (exact) mass is 232 g/mol. The first-order valence-electron chi connectivity index (χ1n) is 6.11. The Hall–Kier alpha value is -1.71. The molecule has 4 heteroatoms. The van der Waals surface area contributed by atoms with Crippen LogP contribution in [0, 0.1) is 13.8 Å². The molecule has 0 aliphatic carbocycles. The van der Waals surface area contributed by atoms with E-state index in [-0.39, 0.29) is 0 Å². The first-order valence-corrected chi connectivity index (χ1v) is 6.11. The summed E-state index contributed by atoms with van der Waals surface area (Å²) in [7, 11) is 0. The summed E-state index contributed by atoms with van der Waals surface area (Å²) in [6.45, 7) is 8.16. The summed E-state index contributed by atoms with van der Waals surface area (Å²) in [5.74, 6) is 0. The fourth-order valence-corrected chi connectivity index (χ4v) is 2.06. The molecule has 0 radical (unpaired) electrons. The van der Waals surface area contributed by atoms with Gasteiger partial charge >= 0.3 is 0 Å². The number of rotatable bonds is 5. The average molecular weight is 232 g/mol. The maximum Gasteiger partial charge on any atom is 0.0825 e. The normalized spacial score (nSPS) is 10.8. The minimum Gasteiger partial charge on any atom is -0.376 e. The Morgan fingerprint density at radius 1 is 1.41 bits per heavy atom. The molecular formula is C13H20N4. The van der Waals surface area contributed by atoms with Gasteiger partial charge in [0.05, 0.1) is 23.6 Å². The SMILES string of the molecule is CCCn1cccc1CNc1c(C)n[nH]c1C. The van der Waals surface area contributed by atoms with Gasteiger partial charge in [-0.2, -0.15) is 5.10 Å². The number of aryl methyl sites for hydroxylation is 3. The van der Waals surface area contributed by atoms with Gasteiger partial charge in [-0.3, -0.25) is 5.10 Å². The fourth-order valence-electron chi connectivity index (χ4n) is 2.06. The van der Waals surface area contributed by atoms with E-state index in [0.29, 0.717) is 0 Å². The third kappa shape index (κ3) is 2.52. The highest BCUT2D eigenvalue weighted by Gasteiger charge is 2.06. The summed E-state index contributed by atoms with van der Waals surface area (Å²) in [5, 5.41) is 10.6. The number of H-pyrrole nitrogens is 1. The molecule has 0 aliphatic heterocycles. The molecular weight excluding hydrogens is 212 g/mol. The second kappa shape index (κ2) is 5.08. The van der Waals surface area contributed by atoms with Crippen LogP contribution < -0.4 is 5.32 Å². The number of hydrogen-bond acceptors (Lipinski definition) is 2. The van der Waals surface area contributed by atoms with Gasteiger partial charge in [-0.15, -0.1) is 0 Å². The van der Waals surface area contributed by atoms with Crippen molar-refractivity contribution < 1.29 is 0 Å². The number of hydrogen-bond donors (Lipinski definition) is 2. The van der Waals surface area contributed by atoms with Crippen molar-refractivity contribution in [3.63, 3.8) is 0 Å². The Balaban J connectivity index is 2.05. The van der Waals surface area contributed by atoms with Crippen LogP contribution in [0.3, 0.4) is 0 Å². The fraction of sp³-hybridized carbons (Fsp3) is 0.462. The Morgan fingerprint density at radius 2 is 2.24 bits per heavy atom. The van der Waals surface area contributed by atoms with E-state index in [1.165, 1.54) is 5.69 Å². The van der Waals surface area contributed by atoms with Crippen molar-refractivity contribution in [1.29, 1.82) is 0 Å². The number of aromatic amines is 1. The second-order valence-corrected chi connectivity index (χ2v) is 4.36. The van der Waals surface area contributed by atoms with Crippen LogP contribution in [0.25, 0.3) is 0 Å². The molecule has 0 saturated heterocycles. The molecule has 0 bridgehead atoms. The van der Waals surface area contributed by atoms with Crippen LogP contribution in [0.15, 0.2) is 18.3 Å². The summed E-state index contributed by atoms with van der Waals surface area (Å²) < 4.78 is 2.29. The van der Waals surface area contributed by atoms with Crippen molar-refractivity contribution in [2.24, 2.45) is 0 Å². The Kier molecular flexibility index (Phi) is 3.52. The molecule has 4 nitrogen and oxygen atoms in total. The lowest BCUT2D eigenvalue weighted by Crippen LogP contribution is -2.07. The first kappa shape index (κ1) is 11.8. The molecule has 0 saturated carbocycles. The first-order chi connectivity index (χ1) is 8.22. The van der Waals surface area contributed by atoms with E-state index in [1.54, 1.807) is 0 Å². The largest absolute Gasteiger partial charge is 0.376 e. The number of anilines is 1. The molecule has 2 aromatic rings. The van der Waals surface area contributed by atoms with Gasteiger partial charge in [0.2, 0.25) is 0 Å². The van der Waals surface area contributed by atoms with Crippen molar-refractivity contribution in [3.05, 3.63) is 35.4 Å². The van der Waals surface area contributed by atoms with E-state index < -0.39 is 0 Å². The van der Waals surface area contributed by atoms with E-state index in [0.717, 1.165) is 36.6 Å². The van der Waals surface area contributed by atoms with Gasteiger partial charge in [-0.05, 0) is 32.4 Å². The highest BCUT2D eigenvalue weighted by Crippen LogP contribution is 2.17. The maximum atomic E-state index is 4.18. The third-order valence-corrected chi connectivity index (χ3v) is 2.96. The molecule has 0 atom stereocenters. The summed E-state index contributed by atoms with van der Waals surface area (Å²) in [6.07, 6.45) is 3.29. The lowest BCUT2D eigenvalue weighted by molar-refractivity contribution is 0.654. The van der Waals surface area contributed by atoms with Gasteiger partial charge in [0, 0.05) is 18.4 Å². The number of nitrogens with one attached hydrogen (secondary N) is 2. The molecule has 0 spiro atoms. The maximum absolute atomic E-state index is 4.18. The van der Waals surface area contributed by atoms with Crippen LogP contribution in [0.2, 0.25) is 0 Å². The number of nitrogens with zero attached hydrogens (tertiary/aromatic N) is 2. The van der Waals surface area contributed by atoms with E-state index in [9.17, 15) is 0 Å².